The van der Waals surface area contributed by atoms with E-state index in [2.05, 4.69) is 13.8 Å². The lowest BCUT2D eigenvalue weighted by molar-refractivity contribution is -0.197. The van der Waals surface area contributed by atoms with Crippen molar-refractivity contribution in [3.05, 3.63) is 0 Å². The van der Waals surface area contributed by atoms with Crippen molar-refractivity contribution >= 4 is 11.9 Å². The molecule has 0 aliphatic heterocycles. The first-order valence-corrected chi connectivity index (χ1v) is 11.8. The maximum atomic E-state index is 13.0. The molecular weight excluding hydrogens is 364 g/mol. The van der Waals surface area contributed by atoms with Crippen molar-refractivity contribution in [1.82, 2.24) is 0 Å². The van der Waals surface area contributed by atoms with E-state index in [1.165, 1.54) is 32.1 Å². The summed E-state index contributed by atoms with van der Waals surface area (Å²) in [6, 6.07) is 0. The number of carbonyl (C=O) groups excluding carboxylic acids is 2. The molecule has 4 saturated carbocycles. The summed E-state index contributed by atoms with van der Waals surface area (Å²) >= 11 is 0. The smallest absolute Gasteiger partial charge is 0.350 e. The number of esters is 2. The standard InChI is InChI=1S/C25H40O4/c1-8-23(2,3)21(26)28-25(6,7)22(27)29-24(4,5)18-13-16-12-17(18)20-15-10-9-14(11-15)19(16)20/h14-20H,8-13H2,1-7H3. The Morgan fingerprint density at radius 3 is 2.03 bits per heavy atom. The molecule has 0 amide bonds. The molecule has 7 atom stereocenters. The minimum absolute atomic E-state index is 0.343. The first-order chi connectivity index (χ1) is 13.4. The second-order valence-electron chi connectivity index (χ2n) is 12.1. The molecule has 0 N–H and O–H groups in total. The molecule has 29 heavy (non-hydrogen) atoms. The fourth-order valence-corrected chi connectivity index (χ4v) is 7.36. The highest BCUT2D eigenvalue weighted by Crippen LogP contribution is 2.70. The Morgan fingerprint density at radius 2 is 1.41 bits per heavy atom. The van der Waals surface area contributed by atoms with Crippen molar-refractivity contribution < 1.29 is 19.1 Å². The average molecular weight is 405 g/mol. The van der Waals surface area contributed by atoms with Crippen molar-refractivity contribution in [2.75, 3.05) is 0 Å². The topological polar surface area (TPSA) is 52.6 Å². The van der Waals surface area contributed by atoms with Gasteiger partial charge >= 0.3 is 11.9 Å². The Bertz CT molecular complexity index is 691. The first-order valence-electron chi connectivity index (χ1n) is 11.8. The van der Waals surface area contributed by atoms with Gasteiger partial charge in [0.25, 0.3) is 0 Å². The predicted octanol–water partition coefficient (Wildman–Crippen LogP) is 5.38. The van der Waals surface area contributed by atoms with Gasteiger partial charge in [0.2, 0.25) is 5.60 Å². The number of carbonyl (C=O) groups is 2. The zero-order valence-corrected chi connectivity index (χ0v) is 19.4. The fourth-order valence-electron chi connectivity index (χ4n) is 7.36. The summed E-state index contributed by atoms with van der Waals surface area (Å²) in [5, 5.41) is 0. The molecular formula is C25H40O4. The molecule has 0 spiro atoms. The first kappa shape index (κ1) is 21.2. The van der Waals surface area contributed by atoms with E-state index in [9.17, 15) is 9.59 Å². The van der Waals surface area contributed by atoms with E-state index in [4.69, 9.17) is 9.47 Å². The van der Waals surface area contributed by atoms with Crippen LogP contribution in [0.25, 0.3) is 0 Å². The van der Waals surface area contributed by atoms with Gasteiger partial charge < -0.3 is 9.47 Å². The molecule has 4 rings (SSSR count). The highest BCUT2D eigenvalue weighted by atomic mass is 16.6. The SMILES string of the molecule is CCC(C)(C)C(=O)OC(C)(C)C(=O)OC(C)(C)C1CC2CC1C1C3CCC(C3)C21. The van der Waals surface area contributed by atoms with Gasteiger partial charge in [-0.1, -0.05) is 6.92 Å². The molecule has 0 heterocycles. The van der Waals surface area contributed by atoms with E-state index in [-0.39, 0.29) is 5.97 Å². The van der Waals surface area contributed by atoms with Gasteiger partial charge in [-0.3, -0.25) is 4.79 Å². The quantitative estimate of drug-likeness (QED) is 0.440. The fraction of sp³-hybridized carbons (Fsp3) is 0.920. The third-order valence-electron chi connectivity index (χ3n) is 9.26. The summed E-state index contributed by atoms with van der Waals surface area (Å²) in [5.74, 6) is 4.92. The maximum Gasteiger partial charge on any atom is 0.350 e. The van der Waals surface area contributed by atoms with Gasteiger partial charge in [-0.05, 0) is 116 Å². The van der Waals surface area contributed by atoms with Gasteiger partial charge in [0.05, 0.1) is 5.41 Å². The summed E-state index contributed by atoms with van der Waals surface area (Å²) in [6.45, 7) is 13.1. The number of fused-ring (bicyclic) bond motifs is 9. The molecule has 0 aromatic carbocycles. The molecule has 4 bridgehead atoms. The summed E-state index contributed by atoms with van der Waals surface area (Å²) in [6.07, 6.45) is 7.50. The monoisotopic (exact) mass is 404 g/mol. The molecule has 7 unspecified atom stereocenters. The van der Waals surface area contributed by atoms with Crippen LogP contribution in [0.4, 0.5) is 0 Å². The Hall–Kier alpha value is -1.06. The Labute approximate surface area is 176 Å². The lowest BCUT2D eigenvalue weighted by Crippen LogP contribution is -2.49. The Morgan fingerprint density at radius 1 is 0.793 bits per heavy atom. The lowest BCUT2D eigenvalue weighted by Gasteiger charge is -2.45. The van der Waals surface area contributed by atoms with E-state index in [0.29, 0.717) is 18.3 Å². The normalized spacial score (nSPS) is 38.2. The zero-order valence-electron chi connectivity index (χ0n) is 19.4. The van der Waals surface area contributed by atoms with Gasteiger partial charge in [-0.2, -0.15) is 0 Å². The van der Waals surface area contributed by atoms with E-state index in [1.807, 2.05) is 20.8 Å². The molecule has 4 aliphatic rings. The van der Waals surface area contributed by atoms with E-state index >= 15 is 0 Å². The highest BCUT2D eigenvalue weighted by molar-refractivity contribution is 5.84. The molecule has 4 fully saturated rings. The molecule has 0 aromatic rings. The Kier molecular flexibility index (Phi) is 4.91. The molecule has 164 valence electrons. The third-order valence-corrected chi connectivity index (χ3v) is 9.26. The van der Waals surface area contributed by atoms with Crippen molar-refractivity contribution in [2.24, 2.45) is 46.8 Å². The predicted molar refractivity (Wildman–Crippen MR) is 112 cm³/mol. The van der Waals surface area contributed by atoms with Crippen LogP contribution in [0, 0.1) is 46.8 Å². The van der Waals surface area contributed by atoms with Crippen molar-refractivity contribution in [3.8, 4) is 0 Å². The van der Waals surface area contributed by atoms with Gasteiger partial charge in [-0.15, -0.1) is 0 Å². The molecule has 4 aliphatic carbocycles. The highest BCUT2D eigenvalue weighted by Gasteiger charge is 2.64. The minimum atomic E-state index is -1.27. The molecule has 0 saturated heterocycles. The van der Waals surface area contributed by atoms with Crippen molar-refractivity contribution in [3.63, 3.8) is 0 Å². The Balaban J connectivity index is 1.42. The van der Waals surface area contributed by atoms with Crippen LogP contribution < -0.4 is 0 Å². The van der Waals surface area contributed by atoms with Gasteiger partial charge in [-0.25, -0.2) is 4.79 Å². The number of hydrogen-bond donors (Lipinski definition) is 0. The second-order valence-corrected chi connectivity index (χ2v) is 12.1. The van der Waals surface area contributed by atoms with Crippen LogP contribution in [-0.2, 0) is 19.1 Å². The van der Waals surface area contributed by atoms with Crippen LogP contribution >= 0.6 is 0 Å². The average Bonchev–Trinajstić information content (AvgIpc) is 3.39. The van der Waals surface area contributed by atoms with Crippen LogP contribution in [0.3, 0.4) is 0 Å². The summed E-state index contributed by atoms with van der Waals surface area (Å²) in [4.78, 5) is 25.6. The lowest BCUT2D eigenvalue weighted by atomic mass is 9.64. The molecule has 4 nitrogen and oxygen atoms in total. The third kappa shape index (κ3) is 3.33. The summed E-state index contributed by atoms with van der Waals surface area (Å²) in [5.41, 5.74) is -2.39. The molecule has 0 radical (unpaired) electrons. The maximum absolute atomic E-state index is 13.0. The van der Waals surface area contributed by atoms with E-state index in [0.717, 1.165) is 29.6 Å². The van der Waals surface area contributed by atoms with Crippen molar-refractivity contribution in [1.29, 1.82) is 0 Å². The second kappa shape index (κ2) is 6.72. The van der Waals surface area contributed by atoms with Crippen LogP contribution in [0.2, 0.25) is 0 Å². The number of rotatable bonds is 6. The molecule has 4 heteroatoms. The van der Waals surface area contributed by atoms with Crippen LogP contribution in [0.15, 0.2) is 0 Å². The zero-order chi connectivity index (χ0) is 21.4. The largest absolute Gasteiger partial charge is 0.456 e. The van der Waals surface area contributed by atoms with E-state index in [1.54, 1.807) is 13.8 Å². The van der Waals surface area contributed by atoms with Crippen molar-refractivity contribution in [2.45, 2.75) is 98.2 Å². The van der Waals surface area contributed by atoms with Gasteiger partial charge in [0, 0.05) is 5.92 Å². The minimum Gasteiger partial charge on any atom is -0.456 e. The molecule has 0 aromatic heterocycles. The van der Waals surface area contributed by atoms with Gasteiger partial charge in [0.15, 0.2) is 0 Å². The summed E-state index contributed by atoms with van der Waals surface area (Å²) in [7, 11) is 0. The van der Waals surface area contributed by atoms with Crippen LogP contribution in [-0.4, -0.2) is 23.1 Å². The summed E-state index contributed by atoms with van der Waals surface area (Å²) < 4.78 is 11.7. The van der Waals surface area contributed by atoms with Crippen LogP contribution in [0.1, 0.15) is 87.0 Å². The van der Waals surface area contributed by atoms with E-state index < -0.39 is 22.6 Å². The number of ether oxygens (including phenoxy) is 2. The van der Waals surface area contributed by atoms with Crippen LogP contribution in [0.5, 0.6) is 0 Å². The van der Waals surface area contributed by atoms with Gasteiger partial charge in [0.1, 0.15) is 5.60 Å². The number of hydrogen-bond acceptors (Lipinski definition) is 4.